The van der Waals surface area contributed by atoms with Crippen LogP contribution in [-0.2, 0) is 0 Å². The van der Waals surface area contributed by atoms with Crippen LogP contribution in [-0.4, -0.2) is 18.6 Å². The molecule has 4 bridgehead atoms. The largest absolute Gasteiger partial charge is 0.329 e. The van der Waals surface area contributed by atoms with E-state index in [0.29, 0.717) is 0 Å². The summed E-state index contributed by atoms with van der Waals surface area (Å²) < 4.78 is 0. The molecule has 4 aliphatic carbocycles. The molecule has 3 N–H and O–H groups in total. The molecular formula is C14H24N2. The molecule has 2 heteroatoms. The van der Waals surface area contributed by atoms with Crippen LogP contribution in [0, 0.1) is 23.7 Å². The summed E-state index contributed by atoms with van der Waals surface area (Å²) in [6.45, 7) is 5.56. The lowest BCUT2D eigenvalue weighted by Gasteiger charge is -2.61. The molecule has 2 nitrogen and oxygen atoms in total. The van der Waals surface area contributed by atoms with E-state index in [9.17, 15) is 0 Å². The average molecular weight is 220 g/mol. The van der Waals surface area contributed by atoms with Crippen molar-refractivity contribution in [3.05, 3.63) is 12.7 Å². The summed E-state index contributed by atoms with van der Waals surface area (Å²) >= 11 is 0. The highest BCUT2D eigenvalue weighted by atomic mass is 15.0. The molecule has 0 aromatic heterocycles. The lowest BCUT2D eigenvalue weighted by Crippen LogP contribution is -2.68. The summed E-state index contributed by atoms with van der Waals surface area (Å²) in [4.78, 5) is 0. The Morgan fingerprint density at radius 2 is 1.69 bits per heavy atom. The van der Waals surface area contributed by atoms with Crippen molar-refractivity contribution in [1.82, 2.24) is 5.32 Å². The van der Waals surface area contributed by atoms with Gasteiger partial charge in [0.1, 0.15) is 0 Å². The highest BCUT2D eigenvalue weighted by Crippen LogP contribution is 2.57. The lowest BCUT2D eigenvalue weighted by atomic mass is 9.48. The van der Waals surface area contributed by atoms with E-state index in [1.54, 1.807) is 0 Å². The Balaban J connectivity index is 1.85. The molecule has 0 amide bonds. The van der Waals surface area contributed by atoms with Crippen LogP contribution in [0.25, 0.3) is 0 Å². The third kappa shape index (κ3) is 1.39. The van der Waals surface area contributed by atoms with E-state index in [1.807, 2.05) is 6.08 Å². The van der Waals surface area contributed by atoms with Crippen molar-refractivity contribution in [2.24, 2.45) is 29.4 Å². The van der Waals surface area contributed by atoms with E-state index in [1.165, 1.54) is 32.1 Å². The maximum absolute atomic E-state index is 6.13. The van der Waals surface area contributed by atoms with Crippen LogP contribution in [0.2, 0.25) is 0 Å². The van der Waals surface area contributed by atoms with E-state index in [-0.39, 0.29) is 5.54 Å². The van der Waals surface area contributed by atoms with Crippen LogP contribution in [0.5, 0.6) is 0 Å². The summed E-state index contributed by atoms with van der Waals surface area (Å²) in [5.74, 6) is 3.72. The molecule has 90 valence electrons. The van der Waals surface area contributed by atoms with Gasteiger partial charge in [-0.3, -0.25) is 0 Å². The third-order valence-corrected chi connectivity index (χ3v) is 5.51. The topological polar surface area (TPSA) is 38.0 Å². The first-order valence-electron chi connectivity index (χ1n) is 6.84. The van der Waals surface area contributed by atoms with Crippen LogP contribution >= 0.6 is 0 Å². The number of nitrogens with one attached hydrogen (secondary N) is 1. The molecule has 16 heavy (non-hydrogen) atoms. The van der Waals surface area contributed by atoms with Gasteiger partial charge in [-0.15, -0.1) is 6.58 Å². The summed E-state index contributed by atoms with van der Waals surface area (Å²) in [7, 11) is 0. The second-order valence-electron chi connectivity index (χ2n) is 6.22. The van der Waals surface area contributed by atoms with E-state index in [2.05, 4.69) is 11.9 Å². The fraction of sp³-hybridized carbons (Fsp3) is 0.857. The van der Waals surface area contributed by atoms with Crippen molar-refractivity contribution in [3.63, 3.8) is 0 Å². The van der Waals surface area contributed by atoms with E-state index in [4.69, 9.17) is 5.73 Å². The minimum absolute atomic E-state index is 0.252. The van der Waals surface area contributed by atoms with Crippen molar-refractivity contribution in [2.75, 3.05) is 13.1 Å². The SMILES string of the molecule is C=CCNC1(CN)C2CC3CC(C2)CC1C3. The normalized spacial score (nSPS) is 49.6. The van der Waals surface area contributed by atoms with Crippen LogP contribution < -0.4 is 11.1 Å². The maximum atomic E-state index is 6.13. The zero-order valence-corrected chi connectivity index (χ0v) is 10.1. The van der Waals surface area contributed by atoms with Gasteiger partial charge in [-0.2, -0.15) is 0 Å². The highest BCUT2D eigenvalue weighted by Gasteiger charge is 2.56. The Morgan fingerprint density at radius 1 is 1.12 bits per heavy atom. The minimum Gasteiger partial charge on any atom is -0.329 e. The molecule has 4 fully saturated rings. The molecule has 0 radical (unpaired) electrons. The second kappa shape index (κ2) is 3.85. The fourth-order valence-corrected chi connectivity index (χ4v) is 4.98. The first-order chi connectivity index (χ1) is 7.78. The van der Waals surface area contributed by atoms with Crippen molar-refractivity contribution in [2.45, 2.75) is 37.6 Å². The summed E-state index contributed by atoms with van der Waals surface area (Å²) in [6.07, 6.45) is 9.18. The molecule has 0 unspecified atom stereocenters. The molecule has 4 saturated carbocycles. The fourth-order valence-electron chi connectivity index (χ4n) is 4.98. The number of hydrogen-bond acceptors (Lipinski definition) is 2. The zero-order chi connectivity index (χ0) is 11.2. The molecule has 0 atom stereocenters. The molecule has 4 aliphatic rings. The van der Waals surface area contributed by atoms with Gasteiger partial charge < -0.3 is 11.1 Å². The van der Waals surface area contributed by atoms with Gasteiger partial charge in [-0.25, -0.2) is 0 Å². The standard InChI is InChI=1S/C14H24N2/c1-2-3-16-14(9-15)12-5-10-4-11(7-12)8-13(14)6-10/h2,10-13,16H,1,3-9,15H2. The van der Waals surface area contributed by atoms with Gasteiger partial charge in [0.25, 0.3) is 0 Å². The summed E-state index contributed by atoms with van der Waals surface area (Å²) in [6, 6.07) is 0. The van der Waals surface area contributed by atoms with Crippen LogP contribution in [0.1, 0.15) is 32.1 Å². The Labute approximate surface area is 98.7 Å². The number of rotatable bonds is 4. The van der Waals surface area contributed by atoms with Gasteiger partial charge in [-0.05, 0) is 55.8 Å². The lowest BCUT2D eigenvalue weighted by molar-refractivity contribution is -0.0676. The highest BCUT2D eigenvalue weighted by molar-refractivity contribution is 5.12. The van der Waals surface area contributed by atoms with Crippen molar-refractivity contribution >= 4 is 0 Å². The van der Waals surface area contributed by atoms with E-state index >= 15 is 0 Å². The number of nitrogens with two attached hydrogens (primary N) is 1. The van der Waals surface area contributed by atoms with E-state index < -0.39 is 0 Å². The molecule has 4 rings (SSSR count). The predicted molar refractivity (Wildman–Crippen MR) is 67.0 cm³/mol. The molecular weight excluding hydrogens is 196 g/mol. The average Bonchev–Trinajstić information content (AvgIpc) is 2.28. The number of hydrogen-bond donors (Lipinski definition) is 2. The minimum atomic E-state index is 0.252. The van der Waals surface area contributed by atoms with Crippen LogP contribution in [0.15, 0.2) is 12.7 Å². The van der Waals surface area contributed by atoms with Gasteiger partial charge in [0, 0.05) is 18.6 Å². The molecule has 0 spiro atoms. The summed E-state index contributed by atoms with van der Waals surface area (Å²) in [5, 5.41) is 3.73. The maximum Gasteiger partial charge on any atom is 0.0363 e. The summed E-state index contributed by atoms with van der Waals surface area (Å²) in [5.41, 5.74) is 6.38. The predicted octanol–water partition coefficient (Wildman–Crippen LogP) is 1.92. The van der Waals surface area contributed by atoms with Gasteiger partial charge >= 0.3 is 0 Å². The Hall–Kier alpha value is -0.340. The Bertz CT molecular complexity index is 256. The second-order valence-corrected chi connectivity index (χ2v) is 6.22. The Morgan fingerprint density at radius 3 is 2.12 bits per heavy atom. The zero-order valence-electron chi connectivity index (χ0n) is 10.1. The first kappa shape index (κ1) is 10.8. The smallest absolute Gasteiger partial charge is 0.0363 e. The Kier molecular flexibility index (Phi) is 2.60. The van der Waals surface area contributed by atoms with Crippen LogP contribution in [0.4, 0.5) is 0 Å². The molecule has 0 heterocycles. The molecule has 0 aromatic carbocycles. The van der Waals surface area contributed by atoms with Gasteiger partial charge in [-0.1, -0.05) is 6.08 Å². The van der Waals surface area contributed by atoms with Crippen LogP contribution in [0.3, 0.4) is 0 Å². The molecule has 0 aliphatic heterocycles. The van der Waals surface area contributed by atoms with Gasteiger partial charge in [0.05, 0.1) is 0 Å². The van der Waals surface area contributed by atoms with Gasteiger partial charge in [0.15, 0.2) is 0 Å². The monoisotopic (exact) mass is 220 g/mol. The van der Waals surface area contributed by atoms with Crippen molar-refractivity contribution in [1.29, 1.82) is 0 Å². The first-order valence-corrected chi connectivity index (χ1v) is 6.84. The quantitative estimate of drug-likeness (QED) is 0.710. The van der Waals surface area contributed by atoms with Crippen molar-refractivity contribution < 1.29 is 0 Å². The van der Waals surface area contributed by atoms with Crippen molar-refractivity contribution in [3.8, 4) is 0 Å². The van der Waals surface area contributed by atoms with E-state index in [0.717, 1.165) is 36.8 Å². The molecule has 0 saturated heterocycles. The molecule has 0 aromatic rings. The van der Waals surface area contributed by atoms with Gasteiger partial charge in [0.2, 0.25) is 0 Å². The third-order valence-electron chi connectivity index (χ3n) is 5.51.